The zero-order chi connectivity index (χ0) is 25.1. The highest BCUT2D eigenvalue weighted by atomic mass is 19.1. The van der Waals surface area contributed by atoms with Gasteiger partial charge in [-0.15, -0.1) is 0 Å². The third-order valence-corrected chi connectivity index (χ3v) is 6.26. The number of piperidine rings is 1. The summed E-state index contributed by atoms with van der Waals surface area (Å²) in [5, 5.41) is 4.19. The zero-order valence-corrected chi connectivity index (χ0v) is 20.1. The standard InChI is InChI=1S/C26H27FN6O3/c1-3-36-19-7-10-33(11-8-19)22-5-4-18(13-20(22)27)31-24-23-16(6-9-28-25(23)34)12-21(32-24)17-14-29-26(35-2)30-15-17/h4-6,9,12-15,19H,3,7-8,10-11H2,1-2H3,(H,28,34)(H,31,32). The molecule has 0 bridgehead atoms. The van der Waals surface area contributed by atoms with Crippen LogP contribution < -0.4 is 20.5 Å². The number of ether oxygens (including phenoxy) is 2. The molecule has 5 rings (SSSR count). The molecule has 0 amide bonds. The summed E-state index contributed by atoms with van der Waals surface area (Å²) in [6.07, 6.45) is 6.74. The van der Waals surface area contributed by atoms with Crippen molar-refractivity contribution in [3.05, 3.63) is 65.1 Å². The minimum atomic E-state index is -0.340. The number of H-pyrrole nitrogens is 1. The zero-order valence-electron chi connectivity index (χ0n) is 20.1. The lowest BCUT2D eigenvalue weighted by Gasteiger charge is -2.33. The van der Waals surface area contributed by atoms with Gasteiger partial charge >= 0.3 is 6.01 Å². The Labute approximate surface area is 207 Å². The molecule has 1 aromatic carbocycles. The number of benzene rings is 1. The molecule has 1 aliphatic rings. The van der Waals surface area contributed by atoms with E-state index < -0.39 is 0 Å². The van der Waals surface area contributed by atoms with Crippen LogP contribution in [0.5, 0.6) is 6.01 Å². The lowest BCUT2D eigenvalue weighted by Crippen LogP contribution is -2.37. The molecule has 4 aromatic rings. The molecule has 0 unspecified atom stereocenters. The maximum atomic E-state index is 15.2. The van der Waals surface area contributed by atoms with E-state index in [2.05, 4.69) is 25.3 Å². The second-order valence-electron chi connectivity index (χ2n) is 8.52. The molecule has 1 aliphatic heterocycles. The monoisotopic (exact) mass is 490 g/mol. The average Bonchev–Trinajstić information content (AvgIpc) is 2.89. The number of aromatic nitrogens is 4. The first-order valence-electron chi connectivity index (χ1n) is 11.9. The number of hydrogen-bond donors (Lipinski definition) is 2. The first-order chi connectivity index (χ1) is 17.6. The lowest BCUT2D eigenvalue weighted by molar-refractivity contribution is 0.0458. The molecule has 3 aromatic heterocycles. The minimum Gasteiger partial charge on any atom is -0.467 e. The normalized spacial score (nSPS) is 14.2. The first kappa shape index (κ1) is 23.7. The summed E-state index contributed by atoms with van der Waals surface area (Å²) in [5.74, 6) is -0.0300. The van der Waals surface area contributed by atoms with Crippen LogP contribution in [-0.4, -0.2) is 52.8 Å². The van der Waals surface area contributed by atoms with Gasteiger partial charge in [0.05, 0.1) is 30.0 Å². The van der Waals surface area contributed by atoms with E-state index in [0.29, 0.717) is 45.8 Å². The molecule has 1 fully saturated rings. The quantitative estimate of drug-likeness (QED) is 0.396. The number of pyridine rings is 2. The minimum absolute atomic E-state index is 0.232. The number of nitrogens with zero attached hydrogens (tertiary/aromatic N) is 4. The van der Waals surface area contributed by atoms with Crippen molar-refractivity contribution in [1.29, 1.82) is 0 Å². The lowest BCUT2D eigenvalue weighted by atomic mass is 10.1. The van der Waals surface area contributed by atoms with Gasteiger partial charge < -0.3 is 24.7 Å². The van der Waals surface area contributed by atoms with E-state index in [1.165, 1.54) is 13.2 Å². The summed E-state index contributed by atoms with van der Waals surface area (Å²) in [7, 11) is 1.49. The van der Waals surface area contributed by atoms with Crippen molar-refractivity contribution in [2.75, 3.05) is 37.0 Å². The van der Waals surface area contributed by atoms with Crippen LogP contribution in [-0.2, 0) is 4.74 Å². The third-order valence-electron chi connectivity index (χ3n) is 6.26. The highest BCUT2D eigenvalue weighted by molar-refractivity contribution is 5.95. The van der Waals surface area contributed by atoms with Crippen molar-refractivity contribution < 1.29 is 13.9 Å². The van der Waals surface area contributed by atoms with Gasteiger partial charge in [-0.1, -0.05) is 0 Å². The maximum absolute atomic E-state index is 15.2. The summed E-state index contributed by atoms with van der Waals surface area (Å²) in [6.45, 7) is 4.16. The average molecular weight is 491 g/mol. The summed E-state index contributed by atoms with van der Waals surface area (Å²) in [4.78, 5) is 30.3. The van der Waals surface area contributed by atoms with E-state index in [9.17, 15) is 4.79 Å². The second-order valence-corrected chi connectivity index (χ2v) is 8.52. The number of methoxy groups -OCH3 is 1. The Hall–Kier alpha value is -4.05. The number of rotatable bonds is 7. The fraction of sp³-hybridized carbons (Fsp3) is 0.308. The molecule has 0 radical (unpaired) electrons. The molecule has 1 saturated heterocycles. The molecule has 186 valence electrons. The summed E-state index contributed by atoms with van der Waals surface area (Å²) >= 11 is 0. The van der Waals surface area contributed by atoms with Crippen molar-refractivity contribution in [2.24, 2.45) is 0 Å². The second kappa shape index (κ2) is 10.3. The molecule has 0 aliphatic carbocycles. The molecule has 9 nitrogen and oxygen atoms in total. The van der Waals surface area contributed by atoms with E-state index in [0.717, 1.165) is 25.9 Å². The Morgan fingerprint density at radius 2 is 1.94 bits per heavy atom. The summed E-state index contributed by atoms with van der Waals surface area (Å²) < 4.78 is 25.9. The molecular formula is C26H27FN6O3. The predicted octanol–water partition coefficient (Wildman–Crippen LogP) is 4.28. The van der Waals surface area contributed by atoms with Gasteiger partial charge in [-0.25, -0.2) is 19.3 Å². The number of halogens is 1. The van der Waals surface area contributed by atoms with Crippen molar-refractivity contribution in [2.45, 2.75) is 25.9 Å². The van der Waals surface area contributed by atoms with Crippen LogP contribution in [0.25, 0.3) is 22.0 Å². The van der Waals surface area contributed by atoms with Gasteiger partial charge in [0.15, 0.2) is 0 Å². The van der Waals surface area contributed by atoms with Crippen LogP contribution in [0.15, 0.2) is 53.7 Å². The van der Waals surface area contributed by atoms with Crippen LogP contribution in [0.3, 0.4) is 0 Å². The highest BCUT2D eigenvalue weighted by Crippen LogP contribution is 2.30. The van der Waals surface area contributed by atoms with Gasteiger partial charge in [-0.2, -0.15) is 0 Å². The number of fused-ring (bicyclic) bond motifs is 1. The van der Waals surface area contributed by atoms with E-state index in [4.69, 9.17) is 9.47 Å². The largest absolute Gasteiger partial charge is 0.467 e. The van der Waals surface area contributed by atoms with E-state index in [-0.39, 0.29) is 23.5 Å². The SMILES string of the molecule is CCOC1CCN(c2ccc(Nc3nc(-c4cnc(OC)nc4)cc4cc[nH]c(=O)c34)cc2F)CC1. The summed E-state index contributed by atoms with van der Waals surface area (Å²) in [5.41, 5.74) is 1.95. The fourth-order valence-corrected chi connectivity index (χ4v) is 4.48. The van der Waals surface area contributed by atoms with Crippen LogP contribution in [0, 0.1) is 5.82 Å². The van der Waals surface area contributed by atoms with Crippen LogP contribution in [0.2, 0.25) is 0 Å². The molecule has 0 saturated carbocycles. The molecule has 2 N–H and O–H groups in total. The molecule has 0 atom stereocenters. The fourth-order valence-electron chi connectivity index (χ4n) is 4.48. The van der Waals surface area contributed by atoms with E-state index >= 15 is 4.39 Å². The van der Waals surface area contributed by atoms with Gasteiger partial charge in [-0.3, -0.25) is 4.79 Å². The van der Waals surface area contributed by atoms with Crippen LogP contribution in [0.4, 0.5) is 21.6 Å². The van der Waals surface area contributed by atoms with Crippen LogP contribution >= 0.6 is 0 Å². The van der Waals surface area contributed by atoms with Gasteiger partial charge in [0, 0.05) is 49.5 Å². The molecule has 4 heterocycles. The summed E-state index contributed by atoms with van der Waals surface area (Å²) in [6, 6.07) is 8.79. The van der Waals surface area contributed by atoms with Gasteiger partial charge in [0.1, 0.15) is 11.6 Å². The Morgan fingerprint density at radius 3 is 2.64 bits per heavy atom. The Morgan fingerprint density at radius 1 is 1.17 bits per heavy atom. The molecular weight excluding hydrogens is 463 g/mol. The first-order valence-corrected chi connectivity index (χ1v) is 11.9. The molecule has 36 heavy (non-hydrogen) atoms. The molecule has 0 spiro atoms. The highest BCUT2D eigenvalue weighted by Gasteiger charge is 2.22. The maximum Gasteiger partial charge on any atom is 0.316 e. The number of aromatic amines is 1. The van der Waals surface area contributed by atoms with Gasteiger partial charge in [-0.05, 0) is 55.5 Å². The Kier molecular flexibility index (Phi) is 6.77. The third kappa shape index (κ3) is 4.85. The van der Waals surface area contributed by atoms with E-state index in [1.807, 2.05) is 11.8 Å². The Bertz CT molecular complexity index is 1420. The van der Waals surface area contributed by atoms with Crippen molar-refractivity contribution >= 4 is 28.0 Å². The topological polar surface area (TPSA) is 105 Å². The number of nitrogens with one attached hydrogen (secondary N) is 2. The van der Waals surface area contributed by atoms with Gasteiger partial charge in [0.2, 0.25) is 0 Å². The smallest absolute Gasteiger partial charge is 0.316 e. The van der Waals surface area contributed by atoms with Crippen molar-refractivity contribution in [1.82, 2.24) is 19.9 Å². The van der Waals surface area contributed by atoms with Crippen LogP contribution in [0.1, 0.15) is 19.8 Å². The van der Waals surface area contributed by atoms with Gasteiger partial charge in [0.25, 0.3) is 5.56 Å². The predicted molar refractivity (Wildman–Crippen MR) is 136 cm³/mol. The number of anilines is 3. The molecule has 10 heteroatoms. The van der Waals surface area contributed by atoms with Crippen molar-refractivity contribution in [3.8, 4) is 17.3 Å². The Balaban J connectivity index is 1.45. The van der Waals surface area contributed by atoms with Crippen molar-refractivity contribution in [3.63, 3.8) is 0 Å². The van der Waals surface area contributed by atoms with E-state index in [1.54, 1.807) is 42.9 Å². The number of hydrogen-bond acceptors (Lipinski definition) is 8.